The van der Waals surface area contributed by atoms with Crippen molar-refractivity contribution in [2.75, 3.05) is 6.61 Å². The third-order valence-corrected chi connectivity index (χ3v) is 3.53. The molecule has 1 unspecified atom stereocenters. The average Bonchev–Trinajstić information content (AvgIpc) is 2.48. The number of fused-ring (bicyclic) bond motifs is 1. The number of benzene rings is 2. The zero-order valence-electron chi connectivity index (χ0n) is 11.6. The second-order valence-electron chi connectivity index (χ2n) is 4.79. The van der Waals surface area contributed by atoms with E-state index in [9.17, 15) is 14.3 Å². The molecule has 0 aromatic heterocycles. The quantitative estimate of drug-likeness (QED) is 0.813. The van der Waals surface area contributed by atoms with Crippen molar-refractivity contribution in [1.29, 1.82) is 0 Å². The number of amides is 1. The molecule has 2 aromatic rings. The molecule has 0 saturated carbocycles. The molecule has 116 valence electrons. The van der Waals surface area contributed by atoms with Gasteiger partial charge in [0.15, 0.2) is 0 Å². The molecule has 1 aliphatic rings. The fourth-order valence-corrected chi connectivity index (χ4v) is 2.37. The summed E-state index contributed by atoms with van der Waals surface area (Å²) in [5.41, 5.74) is 6.30. The van der Waals surface area contributed by atoms with E-state index in [-0.39, 0.29) is 11.9 Å². The fourth-order valence-electron chi connectivity index (χ4n) is 1.96. The van der Waals surface area contributed by atoms with Crippen LogP contribution in [0.1, 0.15) is 15.9 Å². The van der Waals surface area contributed by atoms with E-state index in [2.05, 4.69) is 15.9 Å². The van der Waals surface area contributed by atoms with Gasteiger partial charge in [-0.1, -0.05) is 15.9 Å². The standard InChI is InChI=1S/C9H9BrO2.C7H6FNO/c10-7-1-2-9-6(3-7)4-8(11)5-12-9;8-6-3-1-5(2-4-6)7(9)10/h1-3,8,11H,4-5H2;1-4H,(H2,9,10). The van der Waals surface area contributed by atoms with Crippen molar-refractivity contribution in [3.05, 3.63) is 63.9 Å². The summed E-state index contributed by atoms with van der Waals surface area (Å²) in [6.07, 6.45) is 0.334. The number of hydrogen-bond acceptors (Lipinski definition) is 3. The van der Waals surface area contributed by atoms with Crippen LogP contribution in [0, 0.1) is 5.82 Å². The zero-order chi connectivity index (χ0) is 16.1. The van der Waals surface area contributed by atoms with Gasteiger partial charge in [0.05, 0.1) is 6.10 Å². The number of primary amides is 1. The summed E-state index contributed by atoms with van der Waals surface area (Å²) >= 11 is 3.37. The minimum Gasteiger partial charge on any atom is -0.491 e. The van der Waals surface area contributed by atoms with Crippen LogP contribution in [0.3, 0.4) is 0 Å². The zero-order valence-corrected chi connectivity index (χ0v) is 13.2. The van der Waals surface area contributed by atoms with E-state index in [4.69, 9.17) is 10.5 Å². The lowest BCUT2D eigenvalue weighted by Gasteiger charge is -2.21. The molecule has 1 aliphatic heterocycles. The van der Waals surface area contributed by atoms with Crippen molar-refractivity contribution >= 4 is 21.8 Å². The van der Waals surface area contributed by atoms with E-state index in [0.29, 0.717) is 18.6 Å². The molecule has 0 aliphatic carbocycles. The van der Waals surface area contributed by atoms with Crippen LogP contribution in [0.5, 0.6) is 5.75 Å². The van der Waals surface area contributed by atoms with Gasteiger partial charge in [0.25, 0.3) is 0 Å². The van der Waals surface area contributed by atoms with Crippen LogP contribution in [-0.4, -0.2) is 23.7 Å². The van der Waals surface area contributed by atoms with Crippen LogP contribution in [0.2, 0.25) is 0 Å². The Labute approximate surface area is 135 Å². The lowest BCUT2D eigenvalue weighted by Crippen LogP contribution is -2.25. The molecular formula is C16H15BrFNO3. The molecule has 1 atom stereocenters. The Bertz CT molecular complexity index is 661. The summed E-state index contributed by atoms with van der Waals surface area (Å²) in [4.78, 5) is 10.4. The van der Waals surface area contributed by atoms with Gasteiger partial charge in [-0.15, -0.1) is 0 Å². The number of aliphatic hydroxyl groups is 1. The third-order valence-electron chi connectivity index (χ3n) is 3.04. The average molecular weight is 368 g/mol. The van der Waals surface area contributed by atoms with Crippen LogP contribution in [0.15, 0.2) is 46.9 Å². The predicted molar refractivity (Wildman–Crippen MR) is 84.3 cm³/mol. The first-order valence-electron chi connectivity index (χ1n) is 6.60. The SMILES string of the molecule is NC(=O)c1ccc(F)cc1.OC1COc2ccc(Br)cc2C1. The van der Waals surface area contributed by atoms with E-state index >= 15 is 0 Å². The molecule has 3 rings (SSSR count). The topological polar surface area (TPSA) is 72.6 Å². The number of carbonyl (C=O) groups excluding carboxylic acids is 1. The second-order valence-corrected chi connectivity index (χ2v) is 5.71. The molecule has 3 N–H and O–H groups in total. The van der Waals surface area contributed by atoms with Crippen LogP contribution in [0.4, 0.5) is 4.39 Å². The summed E-state index contributed by atoms with van der Waals surface area (Å²) < 4.78 is 18.5. The van der Waals surface area contributed by atoms with Crippen molar-refractivity contribution < 1.29 is 19.0 Å². The van der Waals surface area contributed by atoms with E-state index in [1.54, 1.807) is 0 Å². The lowest BCUT2D eigenvalue weighted by atomic mass is 10.1. The highest BCUT2D eigenvalue weighted by molar-refractivity contribution is 9.10. The molecule has 6 heteroatoms. The van der Waals surface area contributed by atoms with Gasteiger partial charge < -0.3 is 15.6 Å². The highest BCUT2D eigenvalue weighted by atomic mass is 79.9. The molecule has 0 bridgehead atoms. The highest BCUT2D eigenvalue weighted by Gasteiger charge is 2.17. The monoisotopic (exact) mass is 367 g/mol. The number of nitrogens with two attached hydrogens (primary N) is 1. The van der Waals surface area contributed by atoms with Crippen molar-refractivity contribution in [2.45, 2.75) is 12.5 Å². The molecule has 0 fully saturated rings. The van der Waals surface area contributed by atoms with Gasteiger partial charge in [-0.2, -0.15) is 0 Å². The number of carbonyl (C=O) groups is 1. The number of ether oxygens (including phenoxy) is 1. The van der Waals surface area contributed by atoms with Crippen LogP contribution < -0.4 is 10.5 Å². The van der Waals surface area contributed by atoms with E-state index < -0.39 is 5.91 Å². The first-order valence-corrected chi connectivity index (χ1v) is 7.39. The molecule has 1 amide bonds. The van der Waals surface area contributed by atoms with Crippen molar-refractivity contribution in [3.8, 4) is 5.75 Å². The van der Waals surface area contributed by atoms with Gasteiger partial charge >= 0.3 is 0 Å². The first kappa shape index (κ1) is 16.5. The highest BCUT2D eigenvalue weighted by Crippen LogP contribution is 2.27. The van der Waals surface area contributed by atoms with Crippen molar-refractivity contribution in [3.63, 3.8) is 0 Å². The molecule has 2 aromatic carbocycles. The summed E-state index contributed by atoms with van der Waals surface area (Å²) in [6.45, 7) is 0.411. The third kappa shape index (κ3) is 4.54. The summed E-state index contributed by atoms with van der Waals surface area (Å²) in [7, 11) is 0. The minimum absolute atomic E-state index is 0.321. The number of rotatable bonds is 1. The summed E-state index contributed by atoms with van der Waals surface area (Å²) in [6, 6.07) is 10.9. The normalized spacial score (nSPS) is 15.9. The Kier molecular flexibility index (Phi) is 5.51. The summed E-state index contributed by atoms with van der Waals surface area (Å²) in [5.74, 6) is -0.0199. The fraction of sp³-hybridized carbons (Fsp3) is 0.188. The van der Waals surface area contributed by atoms with Gasteiger partial charge in [0.1, 0.15) is 18.2 Å². The van der Waals surface area contributed by atoms with Crippen LogP contribution in [-0.2, 0) is 6.42 Å². The number of hydrogen-bond donors (Lipinski definition) is 2. The molecule has 1 heterocycles. The maximum Gasteiger partial charge on any atom is 0.248 e. The molecular weight excluding hydrogens is 353 g/mol. The largest absolute Gasteiger partial charge is 0.491 e. The lowest BCUT2D eigenvalue weighted by molar-refractivity contribution is 0.0921. The van der Waals surface area contributed by atoms with Gasteiger partial charge in [-0.05, 0) is 48.0 Å². The van der Waals surface area contributed by atoms with Gasteiger partial charge in [0, 0.05) is 16.5 Å². The van der Waals surface area contributed by atoms with Gasteiger partial charge in [-0.25, -0.2) is 4.39 Å². The van der Waals surface area contributed by atoms with E-state index in [0.717, 1.165) is 15.8 Å². The predicted octanol–water partition coefficient (Wildman–Crippen LogP) is 2.67. The van der Waals surface area contributed by atoms with Crippen molar-refractivity contribution in [1.82, 2.24) is 0 Å². The Morgan fingerprint density at radius 2 is 1.95 bits per heavy atom. The molecule has 4 nitrogen and oxygen atoms in total. The number of aliphatic hydroxyl groups excluding tert-OH is 1. The minimum atomic E-state index is -0.542. The molecule has 0 saturated heterocycles. The Balaban J connectivity index is 0.000000164. The van der Waals surface area contributed by atoms with E-state index in [1.807, 2.05) is 18.2 Å². The van der Waals surface area contributed by atoms with Crippen LogP contribution >= 0.6 is 15.9 Å². The Morgan fingerprint density at radius 1 is 1.27 bits per heavy atom. The maximum absolute atomic E-state index is 12.2. The van der Waals surface area contributed by atoms with E-state index in [1.165, 1.54) is 24.3 Å². The number of halogens is 2. The second kappa shape index (κ2) is 7.38. The molecule has 0 radical (unpaired) electrons. The first-order chi connectivity index (χ1) is 10.5. The van der Waals surface area contributed by atoms with Crippen molar-refractivity contribution in [2.24, 2.45) is 5.73 Å². The smallest absolute Gasteiger partial charge is 0.248 e. The van der Waals surface area contributed by atoms with Gasteiger partial charge in [0.2, 0.25) is 5.91 Å². The molecule has 0 spiro atoms. The Hall–Kier alpha value is -1.92. The van der Waals surface area contributed by atoms with Gasteiger partial charge in [-0.3, -0.25) is 4.79 Å². The Morgan fingerprint density at radius 3 is 2.59 bits per heavy atom. The molecule has 22 heavy (non-hydrogen) atoms. The maximum atomic E-state index is 12.2. The van der Waals surface area contributed by atoms with Crippen LogP contribution in [0.25, 0.3) is 0 Å². The summed E-state index contributed by atoms with van der Waals surface area (Å²) in [5, 5.41) is 9.31.